The summed E-state index contributed by atoms with van der Waals surface area (Å²) >= 11 is 0. The van der Waals surface area contributed by atoms with Crippen LogP contribution < -0.4 is 0 Å². The topological polar surface area (TPSA) is 0 Å². The smallest absolute Gasteiger partial charge is 0.00998 e. The zero-order chi connectivity index (χ0) is 31.9. The summed E-state index contributed by atoms with van der Waals surface area (Å²) in [6.07, 6.45) is 0. The number of hydrogen-bond acceptors (Lipinski definition) is 0. The van der Waals surface area contributed by atoms with Crippen LogP contribution in [0.1, 0.15) is 124 Å². The van der Waals surface area contributed by atoms with E-state index in [1.54, 1.807) is 16.7 Å². The first-order valence-electron chi connectivity index (χ1n) is 17.6. The van der Waals surface area contributed by atoms with Crippen molar-refractivity contribution in [1.82, 2.24) is 0 Å². The lowest BCUT2D eigenvalue weighted by Gasteiger charge is -2.58. The monoisotopic (exact) mass is 571 g/mol. The van der Waals surface area contributed by atoms with Crippen molar-refractivity contribution in [2.24, 2.45) is 65.1 Å². The average molecular weight is 571 g/mol. The number of hydrogen-bond donors (Lipinski definition) is 0. The van der Waals surface area contributed by atoms with E-state index in [4.69, 9.17) is 0 Å². The van der Waals surface area contributed by atoms with E-state index in [0.29, 0.717) is 17.8 Å². The van der Waals surface area contributed by atoms with Crippen molar-refractivity contribution in [3.63, 3.8) is 0 Å². The highest BCUT2D eigenvalue weighted by molar-refractivity contribution is 5.81. The maximum absolute atomic E-state index is 2.64. The van der Waals surface area contributed by atoms with Crippen LogP contribution in [0.3, 0.4) is 0 Å². The fraction of sp³-hybridized carbons (Fsp3) is 0.714. The Morgan fingerprint density at radius 2 is 0.500 bits per heavy atom. The average Bonchev–Trinajstić information content (AvgIpc) is 2.96. The van der Waals surface area contributed by atoms with Gasteiger partial charge >= 0.3 is 0 Å². The van der Waals surface area contributed by atoms with Crippen LogP contribution in [0.25, 0.3) is 11.1 Å². The summed E-state index contributed by atoms with van der Waals surface area (Å²) in [6, 6.07) is 0. The van der Waals surface area contributed by atoms with Crippen LogP contribution in [-0.4, -0.2) is 0 Å². The summed E-state index contributed by atoms with van der Waals surface area (Å²) in [5.74, 6) is 9.13. The third-order valence-electron chi connectivity index (χ3n) is 15.2. The van der Waals surface area contributed by atoms with Crippen LogP contribution in [0.2, 0.25) is 0 Å². The molecule has 0 nitrogen and oxygen atoms in total. The molecule has 0 spiro atoms. The van der Waals surface area contributed by atoms with Gasteiger partial charge in [0.15, 0.2) is 0 Å². The van der Waals surface area contributed by atoms with Gasteiger partial charge in [-0.05, 0) is 200 Å². The third kappa shape index (κ3) is 4.76. The summed E-state index contributed by atoms with van der Waals surface area (Å²) in [6.45, 7) is 44.8. The predicted molar refractivity (Wildman–Crippen MR) is 187 cm³/mol. The molecule has 2 saturated carbocycles. The molecule has 2 fully saturated rings. The zero-order valence-electron chi connectivity index (χ0n) is 30.9. The highest BCUT2D eigenvalue weighted by atomic mass is 14.6. The van der Waals surface area contributed by atoms with E-state index in [9.17, 15) is 0 Å². The first kappa shape index (κ1) is 33.3. The van der Waals surface area contributed by atoms with Gasteiger partial charge in [-0.1, -0.05) is 62.3 Å². The molecule has 0 radical (unpaired) electrons. The molecule has 2 aromatic carbocycles. The van der Waals surface area contributed by atoms with E-state index < -0.39 is 0 Å². The van der Waals surface area contributed by atoms with Crippen LogP contribution in [0.15, 0.2) is 0 Å². The fourth-order valence-electron chi connectivity index (χ4n) is 10.9. The normalized spacial score (nSPS) is 37.3. The van der Waals surface area contributed by atoms with E-state index in [1.807, 2.05) is 0 Å². The van der Waals surface area contributed by atoms with Crippen LogP contribution in [0, 0.1) is 127 Å². The van der Waals surface area contributed by atoms with E-state index in [0.717, 1.165) is 53.3 Å². The Bertz CT molecular complexity index is 1250. The van der Waals surface area contributed by atoms with Crippen molar-refractivity contribution < 1.29 is 0 Å². The first-order valence-corrected chi connectivity index (χ1v) is 17.6. The summed E-state index contributed by atoms with van der Waals surface area (Å²) < 4.78 is 0. The SMILES string of the molecule is Cc1c(C)c(C)c(-c2c(C)c(C)c(C3C(C)C(C)C(C4C(C)C(C)C(C)C(C)C4C)C(C)C3C)c(C)c2C)c(C)c1C. The lowest BCUT2D eigenvalue weighted by molar-refractivity contribution is -0.0824. The second kappa shape index (κ2) is 11.7. The Morgan fingerprint density at radius 3 is 0.833 bits per heavy atom. The molecule has 0 heterocycles. The van der Waals surface area contributed by atoms with Crippen molar-refractivity contribution in [3.8, 4) is 11.1 Å². The molecule has 0 aromatic heterocycles. The van der Waals surface area contributed by atoms with Crippen LogP contribution in [-0.2, 0) is 0 Å². The first-order chi connectivity index (χ1) is 19.4. The molecule has 2 aliphatic carbocycles. The van der Waals surface area contributed by atoms with Gasteiger partial charge in [-0.25, -0.2) is 0 Å². The molecule has 2 aromatic rings. The Balaban J connectivity index is 1.84. The molecular weight excluding hydrogens is 504 g/mol. The van der Waals surface area contributed by atoms with Crippen molar-refractivity contribution in [1.29, 1.82) is 0 Å². The molecule has 8 atom stereocenters. The van der Waals surface area contributed by atoms with Crippen molar-refractivity contribution in [3.05, 3.63) is 55.6 Å². The van der Waals surface area contributed by atoms with Gasteiger partial charge < -0.3 is 0 Å². The van der Waals surface area contributed by atoms with Gasteiger partial charge in [0.25, 0.3) is 0 Å². The number of benzene rings is 2. The van der Waals surface area contributed by atoms with Gasteiger partial charge in [0, 0.05) is 0 Å². The standard InChI is InChI=1S/C42H66/c1-19-21(3)25(7)37(26(8)22(19)4)39-29(11)33(15)41(34(16)30(39)12)42-35(17)31(13)40(32(14)36(42)18)38-27(9)23(5)20(2)24(6)28(38)10/h19,21-22,25-26,29-30,33-34,37,39,41H,1-18H3. The van der Waals surface area contributed by atoms with Crippen LogP contribution >= 0.6 is 0 Å². The minimum atomic E-state index is 0.615. The third-order valence-corrected chi connectivity index (χ3v) is 15.2. The molecule has 0 heteroatoms. The summed E-state index contributed by atoms with van der Waals surface area (Å²) in [4.78, 5) is 0. The molecule has 0 amide bonds. The molecule has 0 N–H and O–H groups in total. The summed E-state index contributed by atoms with van der Waals surface area (Å²) in [5.41, 5.74) is 18.1. The molecule has 0 aliphatic heterocycles. The largest absolute Gasteiger partial charge is 0.0620 e. The lowest BCUT2D eigenvalue weighted by Crippen LogP contribution is -2.52. The van der Waals surface area contributed by atoms with Crippen molar-refractivity contribution in [2.75, 3.05) is 0 Å². The van der Waals surface area contributed by atoms with Crippen LogP contribution in [0.5, 0.6) is 0 Å². The maximum atomic E-state index is 2.64. The zero-order valence-corrected chi connectivity index (χ0v) is 30.9. The van der Waals surface area contributed by atoms with Gasteiger partial charge in [0.05, 0.1) is 0 Å². The Hall–Kier alpha value is -1.56. The molecular formula is C42H66. The van der Waals surface area contributed by atoms with E-state index >= 15 is 0 Å². The second-order valence-electron chi connectivity index (χ2n) is 16.2. The van der Waals surface area contributed by atoms with Gasteiger partial charge in [-0.15, -0.1) is 0 Å². The molecule has 0 bridgehead atoms. The van der Waals surface area contributed by atoms with Gasteiger partial charge in [0.2, 0.25) is 0 Å². The predicted octanol–water partition coefficient (Wildman–Crippen LogP) is 12.2. The van der Waals surface area contributed by atoms with Gasteiger partial charge in [0.1, 0.15) is 0 Å². The van der Waals surface area contributed by atoms with Gasteiger partial charge in [-0.3, -0.25) is 0 Å². The van der Waals surface area contributed by atoms with Crippen LogP contribution in [0.4, 0.5) is 0 Å². The summed E-state index contributed by atoms with van der Waals surface area (Å²) in [7, 11) is 0. The molecule has 8 unspecified atom stereocenters. The highest BCUT2D eigenvalue weighted by Gasteiger charge is 2.52. The van der Waals surface area contributed by atoms with E-state index in [-0.39, 0.29) is 0 Å². The second-order valence-corrected chi connectivity index (χ2v) is 16.2. The fourth-order valence-corrected chi connectivity index (χ4v) is 10.9. The van der Waals surface area contributed by atoms with Gasteiger partial charge in [-0.2, -0.15) is 0 Å². The minimum Gasteiger partial charge on any atom is -0.0620 e. The lowest BCUT2D eigenvalue weighted by atomic mass is 9.47. The van der Waals surface area contributed by atoms with E-state index in [1.165, 1.54) is 50.1 Å². The Kier molecular flexibility index (Phi) is 9.32. The molecule has 42 heavy (non-hydrogen) atoms. The summed E-state index contributed by atoms with van der Waals surface area (Å²) in [5, 5.41) is 0. The Labute approximate surface area is 261 Å². The maximum Gasteiger partial charge on any atom is -0.00998 e. The highest BCUT2D eigenvalue weighted by Crippen LogP contribution is 2.59. The Morgan fingerprint density at radius 1 is 0.262 bits per heavy atom. The molecule has 4 rings (SSSR count). The van der Waals surface area contributed by atoms with E-state index in [2.05, 4.69) is 125 Å². The quantitative estimate of drug-likeness (QED) is 0.344. The van der Waals surface area contributed by atoms with Crippen molar-refractivity contribution >= 4 is 0 Å². The molecule has 234 valence electrons. The minimum absolute atomic E-state index is 0.615. The van der Waals surface area contributed by atoms with Crippen molar-refractivity contribution in [2.45, 2.75) is 131 Å². The molecule has 2 aliphatic rings. The molecule has 0 saturated heterocycles. The number of rotatable bonds is 3.